The van der Waals surface area contributed by atoms with Crippen LogP contribution in [-0.2, 0) is 6.61 Å². The van der Waals surface area contributed by atoms with Crippen LogP contribution in [0, 0.1) is 0 Å². The molecule has 1 aromatic heterocycles. The lowest BCUT2D eigenvalue weighted by Crippen LogP contribution is -2.25. The summed E-state index contributed by atoms with van der Waals surface area (Å²) in [6.07, 6.45) is 2.31. The van der Waals surface area contributed by atoms with E-state index in [1.165, 1.54) is 17.9 Å². The largest absolute Gasteiger partial charge is 0.391 e. The summed E-state index contributed by atoms with van der Waals surface area (Å²) in [7, 11) is 0. The van der Waals surface area contributed by atoms with Gasteiger partial charge in [-0.05, 0) is 24.5 Å². The highest BCUT2D eigenvalue weighted by molar-refractivity contribution is 7.99. The van der Waals surface area contributed by atoms with Crippen molar-refractivity contribution in [1.82, 2.24) is 4.98 Å². The van der Waals surface area contributed by atoms with Crippen LogP contribution in [0.1, 0.15) is 43.2 Å². The predicted octanol–water partition coefficient (Wildman–Crippen LogP) is 3.09. The lowest BCUT2D eigenvalue weighted by Gasteiger charge is -2.18. The van der Waals surface area contributed by atoms with E-state index in [0.29, 0.717) is 5.92 Å². The highest BCUT2D eigenvalue weighted by Gasteiger charge is 2.19. The van der Waals surface area contributed by atoms with Crippen molar-refractivity contribution in [2.45, 2.75) is 39.2 Å². The van der Waals surface area contributed by atoms with E-state index in [1.54, 1.807) is 11.3 Å². The molecular weight excluding hydrogens is 264 g/mol. The van der Waals surface area contributed by atoms with Crippen LogP contribution >= 0.6 is 23.1 Å². The normalized spacial score (nSPS) is 18.7. The Morgan fingerprint density at radius 1 is 1.39 bits per heavy atom. The molecule has 1 N–H and O–H groups in total. The maximum atomic E-state index is 9.48. The Labute approximate surface area is 118 Å². The number of thioether (sulfide) groups is 1. The van der Waals surface area contributed by atoms with E-state index >= 15 is 0 Å². The van der Waals surface area contributed by atoms with E-state index in [2.05, 4.69) is 18.7 Å². The summed E-state index contributed by atoms with van der Waals surface area (Å²) in [5.41, 5.74) is 1.11. The summed E-state index contributed by atoms with van der Waals surface area (Å²) < 4.78 is 0. The molecule has 0 aliphatic carbocycles. The van der Waals surface area contributed by atoms with Crippen molar-refractivity contribution in [1.29, 1.82) is 0 Å². The number of thiazole rings is 1. The predicted molar refractivity (Wildman–Crippen MR) is 80.9 cm³/mol. The van der Waals surface area contributed by atoms with Crippen LogP contribution in [0.4, 0.5) is 5.13 Å². The minimum Gasteiger partial charge on any atom is -0.391 e. The second-order valence-electron chi connectivity index (χ2n) is 4.73. The van der Waals surface area contributed by atoms with Gasteiger partial charge in [0.25, 0.3) is 0 Å². The molecule has 0 radical (unpaired) electrons. The van der Waals surface area contributed by atoms with Gasteiger partial charge >= 0.3 is 0 Å². The van der Waals surface area contributed by atoms with Gasteiger partial charge in [-0.3, -0.25) is 0 Å². The Balaban J connectivity index is 2.19. The Hall–Kier alpha value is -0.260. The number of rotatable bonds is 4. The fraction of sp³-hybridized carbons (Fsp3) is 0.769. The molecule has 1 fully saturated rings. The maximum Gasteiger partial charge on any atom is 0.185 e. The van der Waals surface area contributed by atoms with Crippen molar-refractivity contribution < 1.29 is 5.11 Å². The minimum atomic E-state index is 0.125. The standard InChI is InChI=1S/C13H22N2OS2/c1-3-10(2)12-11(9-16)18-13(14-12)15-5-4-7-17-8-6-15/h10,16H,3-9H2,1-2H3. The highest BCUT2D eigenvalue weighted by Crippen LogP contribution is 2.32. The number of anilines is 1. The summed E-state index contributed by atoms with van der Waals surface area (Å²) in [6, 6.07) is 0. The number of nitrogens with zero attached hydrogens (tertiary/aromatic N) is 2. The number of aliphatic hydroxyl groups excluding tert-OH is 1. The molecule has 0 saturated carbocycles. The van der Waals surface area contributed by atoms with Crippen molar-refractivity contribution in [2.24, 2.45) is 0 Å². The van der Waals surface area contributed by atoms with E-state index in [0.717, 1.165) is 35.2 Å². The Morgan fingerprint density at radius 3 is 2.94 bits per heavy atom. The number of hydrogen-bond acceptors (Lipinski definition) is 5. The summed E-state index contributed by atoms with van der Waals surface area (Å²) in [6.45, 7) is 6.68. The lowest BCUT2D eigenvalue weighted by molar-refractivity contribution is 0.283. The molecule has 18 heavy (non-hydrogen) atoms. The highest BCUT2D eigenvalue weighted by atomic mass is 32.2. The SMILES string of the molecule is CCC(C)c1nc(N2CCCSCC2)sc1CO. The lowest BCUT2D eigenvalue weighted by atomic mass is 10.0. The quantitative estimate of drug-likeness (QED) is 0.923. The molecule has 1 aromatic rings. The van der Waals surface area contributed by atoms with Crippen LogP contribution in [0.5, 0.6) is 0 Å². The first-order chi connectivity index (χ1) is 8.76. The maximum absolute atomic E-state index is 9.48. The molecule has 1 atom stereocenters. The average Bonchev–Trinajstić information content (AvgIpc) is 2.64. The zero-order valence-corrected chi connectivity index (χ0v) is 12.8. The first kappa shape index (κ1) is 14.2. The van der Waals surface area contributed by atoms with Crippen molar-refractivity contribution in [2.75, 3.05) is 29.5 Å². The van der Waals surface area contributed by atoms with Gasteiger partial charge < -0.3 is 10.0 Å². The molecule has 0 spiro atoms. The molecule has 5 heteroatoms. The second-order valence-corrected chi connectivity index (χ2v) is 7.01. The molecule has 1 unspecified atom stereocenters. The van der Waals surface area contributed by atoms with Crippen LogP contribution < -0.4 is 4.90 Å². The van der Waals surface area contributed by atoms with Crippen LogP contribution in [0.2, 0.25) is 0 Å². The molecule has 0 aromatic carbocycles. The molecular formula is C13H22N2OS2. The average molecular weight is 286 g/mol. The van der Waals surface area contributed by atoms with E-state index < -0.39 is 0 Å². The molecule has 0 amide bonds. The first-order valence-corrected chi connectivity index (χ1v) is 8.66. The molecule has 0 bridgehead atoms. The monoisotopic (exact) mass is 286 g/mol. The number of hydrogen-bond donors (Lipinski definition) is 1. The van der Waals surface area contributed by atoms with Crippen molar-refractivity contribution in [3.63, 3.8) is 0 Å². The Kier molecular flexibility index (Phi) is 5.33. The summed E-state index contributed by atoms with van der Waals surface area (Å²) >= 11 is 3.70. The van der Waals surface area contributed by atoms with Crippen molar-refractivity contribution >= 4 is 28.2 Å². The third-order valence-corrected chi connectivity index (χ3v) is 5.60. The zero-order valence-electron chi connectivity index (χ0n) is 11.2. The van der Waals surface area contributed by atoms with Gasteiger partial charge in [-0.1, -0.05) is 25.2 Å². The van der Waals surface area contributed by atoms with Gasteiger partial charge in [0, 0.05) is 18.8 Å². The van der Waals surface area contributed by atoms with E-state index in [-0.39, 0.29) is 6.61 Å². The molecule has 1 aliphatic rings. The number of aliphatic hydroxyl groups is 1. The summed E-state index contributed by atoms with van der Waals surface area (Å²) in [5, 5.41) is 10.6. The fourth-order valence-corrected chi connectivity index (χ4v) is 4.09. The third-order valence-electron chi connectivity index (χ3n) is 3.43. The molecule has 3 nitrogen and oxygen atoms in total. The molecule has 2 rings (SSSR count). The van der Waals surface area contributed by atoms with Gasteiger partial charge in [0.2, 0.25) is 0 Å². The van der Waals surface area contributed by atoms with Gasteiger partial charge in [0.05, 0.1) is 17.2 Å². The van der Waals surface area contributed by atoms with E-state index in [1.807, 2.05) is 11.8 Å². The van der Waals surface area contributed by atoms with Crippen LogP contribution in [0.15, 0.2) is 0 Å². The van der Waals surface area contributed by atoms with Gasteiger partial charge in [-0.25, -0.2) is 4.98 Å². The van der Waals surface area contributed by atoms with Crippen LogP contribution in [-0.4, -0.2) is 34.7 Å². The second kappa shape index (κ2) is 6.78. The number of aromatic nitrogens is 1. The molecule has 1 saturated heterocycles. The topological polar surface area (TPSA) is 36.4 Å². The molecule has 2 heterocycles. The van der Waals surface area contributed by atoms with E-state index in [4.69, 9.17) is 4.98 Å². The third kappa shape index (κ3) is 3.19. The molecule has 1 aliphatic heterocycles. The summed E-state index contributed by atoms with van der Waals surface area (Å²) in [5.74, 6) is 2.89. The summed E-state index contributed by atoms with van der Waals surface area (Å²) in [4.78, 5) is 8.23. The van der Waals surface area contributed by atoms with E-state index in [9.17, 15) is 5.11 Å². The first-order valence-electron chi connectivity index (χ1n) is 6.69. The zero-order chi connectivity index (χ0) is 13.0. The van der Waals surface area contributed by atoms with Gasteiger partial charge in [0.1, 0.15) is 0 Å². The fourth-order valence-electron chi connectivity index (χ4n) is 2.11. The van der Waals surface area contributed by atoms with Crippen molar-refractivity contribution in [3.8, 4) is 0 Å². The van der Waals surface area contributed by atoms with Gasteiger partial charge in [-0.2, -0.15) is 11.8 Å². The molecule has 102 valence electrons. The smallest absolute Gasteiger partial charge is 0.185 e. The Morgan fingerprint density at radius 2 is 2.22 bits per heavy atom. The van der Waals surface area contributed by atoms with Gasteiger partial charge in [-0.15, -0.1) is 0 Å². The minimum absolute atomic E-state index is 0.125. The Bertz CT molecular complexity index is 373. The van der Waals surface area contributed by atoms with Gasteiger partial charge in [0.15, 0.2) is 5.13 Å². The van der Waals surface area contributed by atoms with Crippen LogP contribution in [0.3, 0.4) is 0 Å². The van der Waals surface area contributed by atoms with Crippen LogP contribution in [0.25, 0.3) is 0 Å². The van der Waals surface area contributed by atoms with Crippen molar-refractivity contribution in [3.05, 3.63) is 10.6 Å².